The van der Waals surface area contributed by atoms with E-state index < -0.39 is 0 Å². The van der Waals surface area contributed by atoms with Crippen LogP contribution >= 0.6 is 11.3 Å². The van der Waals surface area contributed by atoms with Crippen LogP contribution in [-0.4, -0.2) is 23.3 Å². The molecule has 0 fully saturated rings. The van der Waals surface area contributed by atoms with E-state index in [1.54, 1.807) is 7.05 Å². The van der Waals surface area contributed by atoms with Gasteiger partial charge in [-0.05, 0) is 19.4 Å². The number of nitrogens with zero attached hydrogens (tertiary/aromatic N) is 2. The number of urea groups is 1. The summed E-state index contributed by atoms with van der Waals surface area (Å²) in [5.41, 5.74) is 3.69. The Labute approximate surface area is 116 Å². The first-order chi connectivity index (χ1) is 9.06. The predicted molar refractivity (Wildman–Crippen MR) is 76.7 cm³/mol. The minimum atomic E-state index is -0.283. The summed E-state index contributed by atoms with van der Waals surface area (Å²) >= 11 is 1.39. The average Bonchev–Trinajstić information content (AvgIpc) is 2.74. The topological polar surface area (TPSA) is 66.9 Å². The van der Waals surface area contributed by atoms with Gasteiger partial charge in [-0.3, -0.25) is 5.32 Å². The van der Waals surface area contributed by atoms with Gasteiger partial charge in [0.15, 0.2) is 0 Å². The quantitative estimate of drug-likeness (QED) is 0.905. The van der Waals surface area contributed by atoms with Gasteiger partial charge in [0.2, 0.25) is 5.13 Å². The van der Waals surface area contributed by atoms with Crippen LogP contribution < -0.4 is 10.6 Å². The zero-order valence-corrected chi connectivity index (χ0v) is 12.0. The number of carbonyl (C=O) groups is 1. The lowest BCUT2D eigenvalue weighted by molar-refractivity contribution is 0.254. The van der Waals surface area contributed by atoms with Crippen LogP contribution in [0.1, 0.15) is 21.7 Å². The number of benzene rings is 1. The summed E-state index contributed by atoms with van der Waals surface area (Å²) in [6.45, 7) is 4.16. The Hall–Kier alpha value is -1.95. The average molecular weight is 276 g/mol. The molecule has 0 unspecified atom stereocenters. The van der Waals surface area contributed by atoms with E-state index >= 15 is 0 Å². The number of carbonyl (C=O) groups excluding carboxylic acids is 1. The highest BCUT2D eigenvalue weighted by Gasteiger charge is 2.07. The maximum atomic E-state index is 11.2. The molecule has 0 spiro atoms. The van der Waals surface area contributed by atoms with Crippen molar-refractivity contribution in [1.82, 2.24) is 15.5 Å². The molecule has 1 aromatic carbocycles. The van der Waals surface area contributed by atoms with Gasteiger partial charge in [-0.15, -0.1) is 10.2 Å². The summed E-state index contributed by atoms with van der Waals surface area (Å²) in [5, 5.41) is 14.5. The first-order valence-electron chi connectivity index (χ1n) is 5.95. The SMILES string of the molecule is CNC(=O)Nc1nnc(Cc2cc(C)cc(C)c2)s1. The molecule has 2 aromatic rings. The van der Waals surface area contributed by atoms with Gasteiger partial charge >= 0.3 is 6.03 Å². The molecule has 0 aliphatic carbocycles. The van der Waals surface area contributed by atoms with Crippen molar-refractivity contribution in [2.24, 2.45) is 0 Å². The molecule has 1 aromatic heterocycles. The standard InChI is InChI=1S/C13H16N4OS/c1-8-4-9(2)6-10(5-8)7-11-16-17-13(19-11)15-12(18)14-3/h4-6H,7H2,1-3H3,(H2,14,15,17,18). The van der Waals surface area contributed by atoms with Crippen LogP contribution in [0, 0.1) is 13.8 Å². The minimum Gasteiger partial charge on any atom is -0.341 e. The van der Waals surface area contributed by atoms with E-state index in [2.05, 4.69) is 52.9 Å². The zero-order valence-electron chi connectivity index (χ0n) is 11.2. The second kappa shape index (κ2) is 5.79. The minimum absolute atomic E-state index is 0.283. The number of rotatable bonds is 3. The van der Waals surface area contributed by atoms with Crippen LogP contribution in [0.25, 0.3) is 0 Å². The molecular formula is C13H16N4OS. The lowest BCUT2D eigenvalue weighted by Gasteiger charge is -2.02. The smallest absolute Gasteiger partial charge is 0.320 e. The van der Waals surface area contributed by atoms with E-state index in [9.17, 15) is 4.79 Å². The highest BCUT2D eigenvalue weighted by molar-refractivity contribution is 7.15. The van der Waals surface area contributed by atoms with Crippen molar-refractivity contribution in [3.63, 3.8) is 0 Å². The van der Waals surface area contributed by atoms with E-state index in [-0.39, 0.29) is 6.03 Å². The van der Waals surface area contributed by atoms with Gasteiger partial charge < -0.3 is 5.32 Å². The van der Waals surface area contributed by atoms with Crippen molar-refractivity contribution in [3.05, 3.63) is 39.9 Å². The summed E-state index contributed by atoms with van der Waals surface area (Å²) in [6, 6.07) is 6.14. The first-order valence-corrected chi connectivity index (χ1v) is 6.77. The largest absolute Gasteiger partial charge is 0.341 e. The van der Waals surface area contributed by atoms with Crippen molar-refractivity contribution in [1.29, 1.82) is 0 Å². The number of amides is 2. The van der Waals surface area contributed by atoms with E-state index in [1.807, 2.05) is 0 Å². The first kappa shape index (κ1) is 13.5. The van der Waals surface area contributed by atoms with Crippen molar-refractivity contribution < 1.29 is 4.79 Å². The Morgan fingerprint density at radius 1 is 1.21 bits per heavy atom. The number of aryl methyl sites for hydroxylation is 2. The molecule has 19 heavy (non-hydrogen) atoms. The van der Waals surface area contributed by atoms with Gasteiger partial charge in [-0.25, -0.2) is 4.79 Å². The Bertz CT molecular complexity index is 574. The van der Waals surface area contributed by atoms with Gasteiger partial charge in [0.1, 0.15) is 5.01 Å². The summed E-state index contributed by atoms with van der Waals surface area (Å²) in [4.78, 5) is 11.2. The molecule has 6 heteroatoms. The third-order valence-corrected chi connectivity index (χ3v) is 3.39. The molecule has 1 heterocycles. The Morgan fingerprint density at radius 2 is 1.89 bits per heavy atom. The zero-order chi connectivity index (χ0) is 13.8. The highest BCUT2D eigenvalue weighted by atomic mass is 32.1. The van der Waals surface area contributed by atoms with Crippen LogP contribution in [0.3, 0.4) is 0 Å². The van der Waals surface area contributed by atoms with Gasteiger partial charge in [-0.1, -0.05) is 40.7 Å². The lowest BCUT2D eigenvalue weighted by atomic mass is 10.1. The molecule has 0 aliphatic heterocycles. The molecule has 2 N–H and O–H groups in total. The van der Waals surface area contributed by atoms with Crippen LogP contribution in [0.15, 0.2) is 18.2 Å². The Balaban J connectivity index is 2.09. The van der Waals surface area contributed by atoms with Crippen molar-refractivity contribution >= 4 is 22.5 Å². The molecule has 0 aliphatic rings. The number of anilines is 1. The molecule has 0 saturated heterocycles. The highest BCUT2D eigenvalue weighted by Crippen LogP contribution is 2.19. The van der Waals surface area contributed by atoms with Crippen molar-refractivity contribution in [2.45, 2.75) is 20.3 Å². The number of hydrogen-bond donors (Lipinski definition) is 2. The second-order valence-electron chi connectivity index (χ2n) is 4.38. The fourth-order valence-corrected chi connectivity index (χ4v) is 2.65. The van der Waals surface area contributed by atoms with E-state index in [0.29, 0.717) is 5.13 Å². The molecule has 5 nitrogen and oxygen atoms in total. The van der Waals surface area contributed by atoms with Gasteiger partial charge in [0, 0.05) is 13.5 Å². The summed E-state index contributed by atoms with van der Waals surface area (Å²) in [6.07, 6.45) is 0.732. The van der Waals surface area contributed by atoms with Gasteiger partial charge in [-0.2, -0.15) is 0 Å². The Morgan fingerprint density at radius 3 is 2.53 bits per heavy atom. The summed E-state index contributed by atoms with van der Waals surface area (Å²) < 4.78 is 0. The third-order valence-electron chi connectivity index (χ3n) is 2.55. The van der Waals surface area contributed by atoms with Crippen LogP contribution in [0.5, 0.6) is 0 Å². The molecule has 0 atom stereocenters. The Kier molecular flexibility index (Phi) is 4.11. The maximum absolute atomic E-state index is 11.2. The molecule has 2 rings (SSSR count). The monoisotopic (exact) mass is 276 g/mol. The maximum Gasteiger partial charge on any atom is 0.320 e. The van der Waals surface area contributed by atoms with Gasteiger partial charge in [0.05, 0.1) is 0 Å². The third kappa shape index (κ3) is 3.75. The molecule has 0 bridgehead atoms. The van der Waals surface area contributed by atoms with Gasteiger partial charge in [0.25, 0.3) is 0 Å². The van der Waals surface area contributed by atoms with E-state index in [0.717, 1.165) is 11.4 Å². The molecule has 0 saturated carbocycles. The van der Waals surface area contributed by atoms with Crippen molar-refractivity contribution in [2.75, 3.05) is 12.4 Å². The molecule has 0 radical (unpaired) electrons. The molecular weight excluding hydrogens is 260 g/mol. The van der Waals surface area contributed by atoms with Crippen LogP contribution in [0.4, 0.5) is 9.93 Å². The van der Waals surface area contributed by atoms with E-state index in [1.165, 1.54) is 28.0 Å². The van der Waals surface area contributed by atoms with Crippen LogP contribution in [0.2, 0.25) is 0 Å². The summed E-state index contributed by atoms with van der Waals surface area (Å²) in [5.74, 6) is 0. The lowest BCUT2D eigenvalue weighted by Crippen LogP contribution is -2.24. The van der Waals surface area contributed by atoms with Crippen molar-refractivity contribution in [3.8, 4) is 0 Å². The fourth-order valence-electron chi connectivity index (χ4n) is 1.88. The molecule has 2 amide bonds. The second-order valence-corrected chi connectivity index (χ2v) is 5.44. The predicted octanol–water partition coefficient (Wildman–Crippen LogP) is 2.50. The molecule has 100 valence electrons. The number of hydrogen-bond acceptors (Lipinski definition) is 4. The van der Waals surface area contributed by atoms with E-state index in [4.69, 9.17) is 0 Å². The normalized spacial score (nSPS) is 10.3. The van der Waals surface area contributed by atoms with Crippen LogP contribution in [-0.2, 0) is 6.42 Å². The fraction of sp³-hybridized carbons (Fsp3) is 0.308. The summed E-state index contributed by atoms with van der Waals surface area (Å²) in [7, 11) is 1.56. The number of aromatic nitrogens is 2. The number of nitrogens with one attached hydrogen (secondary N) is 2.